The van der Waals surface area contributed by atoms with Crippen LogP contribution < -0.4 is 4.74 Å². The van der Waals surface area contributed by atoms with Crippen molar-refractivity contribution in [3.05, 3.63) is 28.2 Å². The van der Waals surface area contributed by atoms with Gasteiger partial charge in [-0.25, -0.2) is 4.99 Å². The van der Waals surface area contributed by atoms with Crippen molar-refractivity contribution in [2.24, 2.45) is 4.99 Å². The quantitative estimate of drug-likeness (QED) is 0.456. The summed E-state index contributed by atoms with van der Waals surface area (Å²) in [5.74, 6) is 0.593. The van der Waals surface area contributed by atoms with Crippen LogP contribution in [-0.4, -0.2) is 18.3 Å². The van der Waals surface area contributed by atoms with E-state index in [0.29, 0.717) is 28.9 Å². The molecule has 1 aromatic carbocycles. The fourth-order valence-electron chi connectivity index (χ4n) is 0.959. The third-order valence-electron chi connectivity index (χ3n) is 1.63. The molecule has 80 valence electrons. The van der Waals surface area contributed by atoms with Gasteiger partial charge in [-0.3, -0.25) is 0 Å². The molecule has 0 radical (unpaired) electrons. The Balaban J connectivity index is 2.43. The van der Waals surface area contributed by atoms with E-state index in [9.17, 15) is 0 Å². The monoisotopic (exact) mass is 261 g/mol. The average molecular weight is 262 g/mol. The van der Waals surface area contributed by atoms with E-state index in [0.717, 1.165) is 6.42 Å². The van der Waals surface area contributed by atoms with Gasteiger partial charge in [-0.15, -0.1) is 0 Å². The van der Waals surface area contributed by atoms with Gasteiger partial charge < -0.3 is 4.74 Å². The molecular weight excluding hydrogens is 253 g/mol. The molecule has 2 nitrogen and oxygen atoms in total. The number of aliphatic imine (C=N–C) groups is 1. The largest absolute Gasteiger partial charge is 0.492 e. The highest BCUT2D eigenvalue weighted by atomic mass is 35.5. The van der Waals surface area contributed by atoms with Gasteiger partial charge in [-0.05, 0) is 24.4 Å². The van der Waals surface area contributed by atoms with Crippen LogP contribution in [0.15, 0.2) is 23.2 Å². The van der Waals surface area contributed by atoms with Crippen molar-refractivity contribution >= 4 is 40.6 Å². The number of hydrogen-bond donors (Lipinski definition) is 0. The molecule has 0 saturated heterocycles. The second-order valence-electron chi connectivity index (χ2n) is 2.75. The van der Waals surface area contributed by atoms with E-state index in [2.05, 4.69) is 22.4 Å². The third-order valence-corrected chi connectivity index (χ3v) is 2.31. The van der Waals surface area contributed by atoms with E-state index < -0.39 is 0 Å². The summed E-state index contributed by atoms with van der Waals surface area (Å²) in [7, 11) is 0. The van der Waals surface area contributed by atoms with Gasteiger partial charge in [0, 0.05) is 17.5 Å². The molecule has 0 aliphatic rings. The SMILES string of the molecule is S=C=NCCCOc1cc(Cl)ccc1Cl. The number of isothiocyanates is 1. The molecule has 0 N–H and O–H groups in total. The van der Waals surface area contributed by atoms with Gasteiger partial charge >= 0.3 is 0 Å². The molecule has 0 atom stereocenters. The highest BCUT2D eigenvalue weighted by molar-refractivity contribution is 7.78. The van der Waals surface area contributed by atoms with Crippen molar-refractivity contribution in [2.45, 2.75) is 6.42 Å². The summed E-state index contributed by atoms with van der Waals surface area (Å²) >= 11 is 16.1. The summed E-state index contributed by atoms with van der Waals surface area (Å²) < 4.78 is 5.43. The number of rotatable bonds is 5. The first-order valence-corrected chi connectivity index (χ1v) is 5.52. The lowest BCUT2D eigenvalue weighted by molar-refractivity contribution is 0.314. The van der Waals surface area contributed by atoms with Gasteiger partial charge in [0.05, 0.1) is 23.3 Å². The second-order valence-corrected chi connectivity index (χ2v) is 3.78. The van der Waals surface area contributed by atoms with E-state index in [4.69, 9.17) is 27.9 Å². The van der Waals surface area contributed by atoms with Crippen LogP contribution in [0.3, 0.4) is 0 Å². The zero-order valence-electron chi connectivity index (χ0n) is 7.87. The summed E-state index contributed by atoms with van der Waals surface area (Å²) in [5.41, 5.74) is 0. The standard InChI is InChI=1S/C10H9Cl2NOS/c11-8-2-3-9(12)10(6-8)14-5-1-4-13-7-15/h2-3,6H,1,4-5H2. The Kier molecular flexibility index (Phi) is 5.66. The van der Waals surface area contributed by atoms with E-state index in [1.807, 2.05) is 0 Å². The van der Waals surface area contributed by atoms with Crippen molar-refractivity contribution in [3.63, 3.8) is 0 Å². The number of ether oxygens (including phenoxy) is 1. The van der Waals surface area contributed by atoms with Crippen LogP contribution in [0, 0.1) is 0 Å². The summed E-state index contributed by atoms with van der Waals surface area (Å²) in [6.07, 6.45) is 0.770. The van der Waals surface area contributed by atoms with Crippen LogP contribution in [0.2, 0.25) is 10.0 Å². The molecule has 0 bridgehead atoms. The van der Waals surface area contributed by atoms with Gasteiger partial charge in [0.15, 0.2) is 0 Å². The minimum absolute atomic E-state index is 0.528. The lowest BCUT2D eigenvalue weighted by atomic mass is 10.3. The van der Waals surface area contributed by atoms with Crippen molar-refractivity contribution in [2.75, 3.05) is 13.2 Å². The molecule has 0 aromatic heterocycles. The van der Waals surface area contributed by atoms with Crippen LogP contribution in [0.5, 0.6) is 5.75 Å². The smallest absolute Gasteiger partial charge is 0.139 e. The maximum atomic E-state index is 5.90. The van der Waals surface area contributed by atoms with E-state index >= 15 is 0 Å². The highest BCUT2D eigenvalue weighted by Crippen LogP contribution is 2.27. The Bertz CT molecular complexity index is 378. The molecule has 0 aliphatic carbocycles. The summed E-state index contributed by atoms with van der Waals surface area (Å²) in [6.45, 7) is 1.14. The normalized spacial score (nSPS) is 9.47. The second kappa shape index (κ2) is 6.81. The van der Waals surface area contributed by atoms with Crippen molar-refractivity contribution in [1.29, 1.82) is 0 Å². The predicted molar refractivity (Wildman–Crippen MR) is 66.5 cm³/mol. The van der Waals surface area contributed by atoms with E-state index in [1.54, 1.807) is 18.2 Å². The van der Waals surface area contributed by atoms with Crippen LogP contribution in [-0.2, 0) is 0 Å². The molecule has 1 rings (SSSR count). The first-order chi connectivity index (χ1) is 7.24. The lowest BCUT2D eigenvalue weighted by Gasteiger charge is -2.06. The predicted octanol–water partition coefficient (Wildman–Crippen LogP) is 3.87. The molecule has 0 heterocycles. The third kappa shape index (κ3) is 4.63. The number of halogens is 2. The molecule has 0 amide bonds. The average Bonchev–Trinajstić information content (AvgIpc) is 2.23. The molecule has 1 aromatic rings. The number of thiocarbonyl (C=S) groups is 1. The zero-order valence-corrected chi connectivity index (χ0v) is 10.2. The minimum atomic E-state index is 0.528. The van der Waals surface area contributed by atoms with Gasteiger partial charge in [0.25, 0.3) is 0 Å². The fourth-order valence-corrected chi connectivity index (χ4v) is 1.38. The Labute approximate surface area is 104 Å². The van der Waals surface area contributed by atoms with Crippen LogP contribution in [0.1, 0.15) is 6.42 Å². The van der Waals surface area contributed by atoms with E-state index in [-0.39, 0.29) is 0 Å². The fraction of sp³-hybridized carbons (Fsp3) is 0.300. The van der Waals surface area contributed by atoms with Crippen molar-refractivity contribution in [3.8, 4) is 5.75 Å². The van der Waals surface area contributed by atoms with Crippen LogP contribution >= 0.6 is 35.4 Å². The molecule has 0 saturated carbocycles. The molecular formula is C10H9Cl2NOS. The molecule has 0 unspecified atom stereocenters. The lowest BCUT2D eigenvalue weighted by Crippen LogP contribution is -1.99. The Hall–Kier alpha value is -0.600. The zero-order chi connectivity index (χ0) is 11.1. The Morgan fingerprint density at radius 1 is 1.40 bits per heavy atom. The molecule has 0 spiro atoms. The molecule has 0 fully saturated rings. The summed E-state index contributed by atoms with van der Waals surface area (Å²) in [6, 6.07) is 5.11. The van der Waals surface area contributed by atoms with E-state index in [1.165, 1.54) is 0 Å². The van der Waals surface area contributed by atoms with Gasteiger partial charge in [0.2, 0.25) is 0 Å². The molecule has 5 heteroatoms. The first-order valence-electron chi connectivity index (χ1n) is 4.35. The molecule has 15 heavy (non-hydrogen) atoms. The minimum Gasteiger partial charge on any atom is -0.492 e. The van der Waals surface area contributed by atoms with Gasteiger partial charge in [0.1, 0.15) is 5.75 Å². The van der Waals surface area contributed by atoms with Crippen molar-refractivity contribution in [1.82, 2.24) is 0 Å². The molecule has 0 aliphatic heterocycles. The summed E-state index contributed by atoms with van der Waals surface area (Å²) in [4.78, 5) is 3.77. The van der Waals surface area contributed by atoms with Gasteiger partial charge in [-0.2, -0.15) is 0 Å². The Morgan fingerprint density at radius 2 is 2.20 bits per heavy atom. The Morgan fingerprint density at radius 3 is 2.93 bits per heavy atom. The first kappa shape index (κ1) is 12.5. The summed E-state index contributed by atoms with van der Waals surface area (Å²) in [5, 5.41) is 3.45. The maximum Gasteiger partial charge on any atom is 0.139 e. The topological polar surface area (TPSA) is 21.6 Å². The maximum absolute atomic E-state index is 5.90. The number of benzene rings is 1. The number of nitrogens with zero attached hydrogens (tertiary/aromatic N) is 1. The highest BCUT2D eigenvalue weighted by Gasteiger charge is 2.01. The van der Waals surface area contributed by atoms with Crippen LogP contribution in [0.4, 0.5) is 0 Å². The van der Waals surface area contributed by atoms with Crippen molar-refractivity contribution < 1.29 is 4.74 Å². The van der Waals surface area contributed by atoms with Gasteiger partial charge in [-0.1, -0.05) is 23.2 Å². The van der Waals surface area contributed by atoms with Crippen LogP contribution in [0.25, 0.3) is 0 Å². The number of hydrogen-bond acceptors (Lipinski definition) is 3.